The third-order valence-corrected chi connectivity index (χ3v) is 5.04. The highest BCUT2D eigenvalue weighted by atomic mass is 32.2. The summed E-state index contributed by atoms with van der Waals surface area (Å²) in [6.45, 7) is 0. The Morgan fingerprint density at radius 2 is 1.90 bits per heavy atom. The Morgan fingerprint density at radius 1 is 1.24 bits per heavy atom. The second-order valence-corrected chi connectivity index (χ2v) is 6.40. The number of benzene rings is 1. The number of carboxylic acid groups (broad SMARTS) is 1. The molecule has 5 heteroatoms. The minimum Gasteiger partial charge on any atom is -0.478 e. The standard InChI is InChI=1S/C16H21NO3S/c1-17(12-7-3-2-4-8-12)15(18)11-21-14-10-6-5-9-13(14)16(19)20/h5-6,9-10,12H,2-4,7-8,11H2,1H3,(H,19,20). The van der Waals surface area contributed by atoms with Crippen LogP contribution in [0.3, 0.4) is 0 Å². The lowest BCUT2D eigenvalue weighted by atomic mass is 9.94. The maximum Gasteiger partial charge on any atom is 0.336 e. The van der Waals surface area contributed by atoms with Gasteiger partial charge < -0.3 is 10.0 Å². The normalized spacial score (nSPS) is 15.7. The van der Waals surface area contributed by atoms with Crippen molar-refractivity contribution in [1.82, 2.24) is 4.90 Å². The Bertz CT molecular complexity index is 512. The molecule has 21 heavy (non-hydrogen) atoms. The molecule has 2 rings (SSSR count). The molecule has 114 valence electrons. The fourth-order valence-corrected chi connectivity index (χ4v) is 3.65. The number of hydrogen-bond acceptors (Lipinski definition) is 3. The van der Waals surface area contributed by atoms with Gasteiger partial charge in [0.05, 0.1) is 11.3 Å². The minimum absolute atomic E-state index is 0.0760. The Kier molecular flexibility index (Phi) is 5.67. The minimum atomic E-state index is -0.953. The Morgan fingerprint density at radius 3 is 2.57 bits per heavy atom. The quantitative estimate of drug-likeness (QED) is 0.848. The summed E-state index contributed by atoms with van der Waals surface area (Å²) in [6.07, 6.45) is 5.81. The summed E-state index contributed by atoms with van der Waals surface area (Å²) in [5.74, 6) is -0.588. The number of aromatic carboxylic acids is 1. The molecule has 0 aromatic heterocycles. The maximum atomic E-state index is 12.3. The lowest BCUT2D eigenvalue weighted by Crippen LogP contribution is -2.39. The third kappa shape index (κ3) is 4.24. The van der Waals surface area contributed by atoms with Crippen molar-refractivity contribution in [1.29, 1.82) is 0 Å². The van der Waals surface area contributed by atoms with Crippen molar-refractivity contribution in [3.63, 3.8) is 0 Å². The van der Waals surface area contributed by atoms with E-state index in [1.807, 2.05) is 11.9 Å². The van der Waals surface area contributed by atoms with Gasteiger partial charge in [0.2, 0.25) is 5.91 Å². The predicted molar refractivity (Wildman–Crippen MR) is 83.8 cm³/mol. The second-order valence-electron chi connectivity index (χ2n) is 5.39. The van der Waals surface area contributed by atoms with E-state index < -0.39 is 5.97 Å². The summed E-state index contributed by atoms with van der Waals surface area (Å²) in [4.78, 5) is 25.9. The molecule has 4 nitrogen and oxygen atoms in total. The van der Waals surface area contributed by atoms with Crippen LogP contribution in [0, 0.1) is 0 Å². The zero-order chi connectivity index (χ0) is 15.2. The summed E-state index contributed by atoms with van der Waals surface area (Å²) in [6, 6.07) is 7.16. The largest absolute Gasteiger partial charge is 0.478 e. The van der Waals surface area contributed by atoms with Crippen LogP contribution in [0.2, 0.25) is 0 Å². The van der Waals surface area contributed by atoms with Crippen LogP contribution >= 0.6 is 11.8 Å². The van der Waals surface area contributed by atoms with Gasteiger partial charge in [0.15, 0.2) is 0 Å². The van der Waals surface area contributed by atoms with E-state index >= 15 is 0 Å². The Labute approximate surface area is 129 Å². The molecule has 1 saturated carbocycles. The fraction of sp³-hybridized carbons (Fsp3) is 0.500. The zero-order valence-electron chi connectivity index (χ0n) is 12.2. The molecule has 0 unspecified atom stereocenters. The van der Waals surface area contributed by atoms with Crippen molar-refractivity contribution < 1.29 is 14.7 Å². The lowest BCUT2D eigenvalue weighted by Gasteiger charge is -2.31. The molecule has 1 fully saturated rings. The average Bonchev–Trinajstić information content (AvgIpc) is 2.52. The van der Waals surface area contributed by atoms with Crippen molar-refractivity contribution in [2.24, 2.45) is 0 Å². The molecule has 0 saturated heterocycles. The molecule has 0 bridgehead atoms. The number of rotatable bonds is 5. The molecule has 1 aliphatic carbocycles. The van der Waals surface area contributed by atoms with Gasteiger partial charge in [-0.2, -0.15) is 0 Å². The van der Waals surface area contributed by atoms with Crippen molar-refractivity contribution in [2.45, 2.75) is 43.0 Å². The van der Waals surface area contributed by atoms with E-state index in [9.17, 15) is 9.59 Å². The van der Waals surface area contributed by atoms with E-state index in [0.717, 1.165) is 12.8 Å². The first-order valence-electron chi connectivity index (χ1n) is 7.30. The van der Waals surface area contributed by atoms with E-state index in [2.05, 4.69) is 0 Å². The molecule has 1 aromatic rings. The predicted octanol–water partition coefficient (Wildman–Crippen LogP) is 3.27. The van der Waals surface area contributed by atoms with Crippen LogP contribution in [0.5, 0.6) is 0 Å². The Hall–Kier alpha value is -1.49. The molecular formula is C16H21NO3S. The maximum absolute atomic E-state index is 12.3. The van der Waals surface area contributed by atoms with Gasteiger partial charge in [-0.3, -0.25) is 4.79 Å². The molecule has 0 aliphatic heterocycles. The van der Waals surface area contributed by atoms with E-state index in [1.165, 1.54) is 31.0 Å². The molecule has 1 N–H and O–H groups in total. The van der Waals surface area contributed by atoms with Gasteiger partial charge in [0.25, 0.3) is 0 Å². The summed E-state index contributed by atoms with van der Waals surface area (Å²) in [5.41, 5.74) is 0.260. The molecule has 0 spiro atoms. The van der Waals surface area contributed by atoms with Gasteiger partial charge in [-0.1, -0.05) is 31.4 Å². The number of carbonyl (C=O) groups is 2. The van der Waals surface area contributed by atoms with E-state index in [1.54, 1.807) is 24.3 Å². The highest BCUT2D eigenvalue weighted by molar-refractivity contribution is 8.00. The van der Waals surface area contributed by atoms with Gasteiger partial charge in [-0.05, 0) is 25.0 Å². The van der Waals surface area contributed by atoms with Crippen LogP contribution < -0.4 is 0 Å². The van der Waals surface area contributed by atoms with Crippen LogP contribution in [0.15, 0.2) is 29.2 Å². The lowest BCUT2D eigenvalue weighted by molar-refractivity contribution is -0.129. The monoisotopic (exact) mass is 307 g/mol. The highest BCUT2D eigenvalue weighted by Gasteiger charge is 2.22. The summed E-state index contributed by atoms with van der Waals surface area (Å²) in [5, 5.41) is 9.14. The van der Waals surface area contributed by atoms with Crippen molar-refractivity contribution >= 4 is 23.6 Å². The molecule has 1 aromatic carbocycles. The van der Waals surface area contributed by atoms with Crippen LogP contribution in [-0.4, -0.2) is 40.7 Å². The first-order valence-corrected chi connectivity index (χ1v) is 8.29. The molecule has 0 radical (unpaired) electrons. The van der Waals surface area contributed by atoms with Crippen molar-refractivity contribution in [3.8, 4) is 0 Å². The van der Waals surface area contributed by atoms with Crippen molar-refractivity contribution in [2.75, 3.05) is 12.8 Å². The van der Waals surface area contributed by atoms with Gasteiger partial charge in [0, 0.05) is 18.0 Å². The number of nitrogens with zero attached hydrogens (tertiary/aromatic N) is 1. The van der Waals surface area contributed by atoms with E-state index in [-0.39, 0.29) is 17.2 Å². The van der Waals surface area contributed by atoms with Gasteiger partial charge in [0.1, 0.15) is 0 Å². The van der Waals surface area contributed by atoms with Crippen LogP contribution in [-0.2, 0) is 4.79 Å². The fourth-order valence-electron chi connectivity index (χ4n) is 2.68. The summed E-state index contributed by atoms with van der Waals surface area (Å²) < 4.78 is 0. The van der Waals surface area contributed by atoms with Crippen molar-refractivity contribution in [3.05, 3.63) is 29.8 Å². The van der Waals surface area contributed by atoms with Crippen LogP contribution in [0.25, 0.3) is 0 Å². The number of thioether (sulfide) groups is 1. The van der Waals surface area contributed by atoms with Crippen LogP contribution in [0.4, 0.5) is 0 Å². The summed E-state index contributed by atoms with van der Waals surface area (Å²) in [7, 11) is 1.86. The number of hydrogen-bond donors (Lipinski definition) is 1. The number of amides is 1. The zero-order valence-corrected chi connectivity index (χ0v) is 13.1. The van der Waals surface area contributed by atoms with Gasteiger partial charge >= 0.3 is 5.97 Å². The molecule has 1 amide bonds. The first-order chi connectivity index (χ1) is 10.1. The molecule has 0 heterocycles. The number of carbonyl (C=O) groups excluding carboxylic acids is 1. The second kappa shape index (κ2) is 7.50. The topological polar surface area (TPSA) is 57.6 Å². The van der Waals surface area contributed by atoms with E-state index in [4.69, 9.17) is 5.11 Å². The van der Waals surface area contributed by atoms with Gasteiger partial charge in [-0.15, -0.1) is 11.8 Å². The molecular weight excluding hydrogens is 286 g/mol. The Balaban J connectivity index is 1.93. The molecule has 0 atom stereocenters. The average molecular weight is 307 g/mol. The first kappa shape index (κ1) is 15.9. The molecule has 1 aliphatic rings. The SMILES string of the molecule is CN(C(=O)CSc1ccccc1C(=O)O)C1CCCCC1. The summed E-state index contributed by atoms with van der Waals surface area (Å²) >= 11 is 1.30. The number of carboxylic acids is 1. The smallest absolute Gasteiger partial charge is 0.336 e. The third-order valence-electron chi connectivity index (χ3n) is 3.98. The van der Waals surface area contributed by atoms with Crippen LogP contribution in [0.1, 0.15) is 42.5 Å². The van der Waals surface area contributed by atoms with E-state index in [0.29, 0.717) is 10.9 Å². The highest BCUT2D eigenvalue weighted by Crippen LogP contribution is 2.25. The van der Waals surface area contributed by atoms with Gasteiger partial charge in [-0.25, -0.2) is 4.79 Å².